The lowest BCUT2D eigenvalue weighted by Crippen LogP contribution is -2.38. The third-order valence-corrected chi connectivity index (χ3v) is 3.38. The molecule has 104 valence electrons. The maximum Gasteiger partial charge on any atom is 0.260 e. The molecule has 0 saturated carbocycles. The van der Waals surface area contributed by atoms with E-state index in [1.54, 1.807) is 11.8 Å². The van der Waals surface area contributed by atoms with Gasteiger partial charge in [0.2, 0.25) is 0 Å². The Bertz CT molecular complexity index is 471. The molecule has 19 heavy (non-hydrogen) atoms. The Morgan fingerprint density at radius 3 is 2.74 bits per heavy atom. The molecule has 4 nitrogen and oxygen atoms in total. The molecule has 5 heteroatoms. The van der Waals surface area contributed by atoms with Crippen molar-refractivity contribution in [3.63, 3.8) is 0 Å². The number of anilines is 1. The van der Waals surface area contributed by atoms with Crippen LogP contribution in [0.25, 0.3) is 0 Å². The second kappa shape index (κ2) is 5.91. The molecule has 1 fully saturated rings. The molecular weight excluding hydrogens is 247 g/mol. The van der Waals surface area contributed by atoms with Crippen molar-refractivity contribution in [3.05, 3.63) is 23.5 Å². The number of nitrogen functional groups attached to an aromatic ring is 1. The molecule has 1 saturated heterocycles. The number of likely N-dealkylation sites (tertiary alicyclic amines) is 1. The quantitative estimate of drug-likeness (QED) is 0.852. The Labute approximate surface area is 112 Å². The van der Waals surface area contributed by atoms with Crippen molar-refractivity contribution in [3.8, 4) is 5.75 Å². The summed E-state index contributed by atoms with van der Waals surface area (Å²) in [7, 11) is 0. The van der Waals surface area contributed by atoms with Gasteiger partial charge in [0.1, 0.15) is 0 Å². The molecule has 0 bridgehead atoms. The van der Waals surface area contributed by atoms with Gasteiger partial charge in [-0.3, -0.25) is 4.79 Å². The molecule has 1 amide bonds. The van der Waals surface area contributed by atoms with Crippen LogP contribution in [0.5, 0.6) is 5.75 Å². The Morgan fingerprint density at radius 1 is 1.37 bits per heavy atom. The highest BCUT2D eigenvalue weighted by Crippen LogP contribution is 2.23. The molecule has 1 aliphatic rings. The van der Waals surface area contributed by atoms with Crippen LogP contribution in [-0.4, -0.2) is 30.5 Å². The number of rotatable bonds is 3. The summed E-state index contributed by atoms with van der Waals surface area (Å²) in [5, 5.41) is 0. The van der Waals surface area contributed by atoms with Crippen LogP contribution in [0, 0.1) is 12.7 Å². The summed E-state index contributed by atoms with van der Waals surface area (Å²) in [5.41, 5.74) is 6.71. The monoisotopic (exact) mass is 266 g/mol. The van der Waals surface area contributed by atoms with E-state index in [1.807, 2.05) is 0 Å². The first-order chi connectivity index (χ1) is 9.08. The van der Waals surface area contributed by atoms with Crippen LogP contribution in [0.2, 0.25) is 0 Å². The van der Waals surface area contributed by atoms with Crippen LogP contribution >= 0.6 is 0 Å². The zero-order valence-corrected chi connectivity index (χ0v) is 11.1. The van der Waals surface area contributed by atoms with Crippen molar-refractivity contribution in [1.29, 1.82) is 0 Å². The summed E-state index contributed by atoms with van der Waals surface area (Å²) in [5.74, 6) is -0.541. The van der Waals surface area contributed by atoms with Gasteiger partial charge in [-0.15, -0.1) is 0 Å². The van der Waals surface area contributed by atoms with Crippen LogP contribution in [0.3, 0.4) is 0 Å². The third kappa shape index (κ3) is 3.36. The van der Waals surface area contributed by atoms with Crippen molar-refractivity contribution in [2.45, 2.75) is 26.2 Å². The average Bonchev–Trinajstić information content (AvgIpc) is 2.42. The zero-order valence-electron chi connectivity index (χ0n) is 11.1. The first kappa shape index (κ1) is 13.6. The topological polar surface area (TPSA) is 55.6 Å². The number of nitrogens with zero attached hydrogens (tertiary/aromatic N) is 1. The average molecular weight is 266 g/mol. The van der Waals surface area contributed by atoms with Crippen LogP contribution in [0.4, 0.5) is 10.1 Å². The largest absolute Gasteiger partial charge is 0.481 e. The van der Waals surface area contributed by atoms with Gasteiger partial charge in [-0.2, -0.15) is 0 Å². The number of ether oxygens (including phenoxy) is 1. The highest BCUT2D eigenvalue weighted by Gasteiger charge is 2.17. The van der Waals surface area contributed by atoms with Crippen LogP contribution < -0.4 is 10.5 Å². The number of hydrogen-bond donors (Lipinski definition) is 1. The summed E-state index contributed by atoms with van der Waals surface area (Å²) in [6, 6.07) is 2.74. The van der Waals surface area contributed by atoms with Crippen LogP contribution in [-0.2, 0) is 4.79 Å². The van der Waals surface area contributed by atoms with E-state index < -0.39 is 5.82 Å². The Kier molecular flexibility index (Phi) is 4.24. The second-order valence-corrected chi connectivity index (χ2v) is 4.87. The van der Waals surface area contributed by atoms with E-state index in [-0.39, 0.29) is 18.3 Å². The molecule has 0 spiro atoms. The predicted molar refractivity (Wildman–Crippen MR) is 71.5 cm³/mol. The maximum absolute atomic E-state index is 13.6. The van der Waals surface area contributed by atoms with Crippen LogP contribution in [0.15, 0.2) is 12.1 Å². The lowest BCUT2D eigenvalue weighted by atomic mass is 10.1. The lowest BCUT2D eigenvalue weighted by Gasteiger charge is -2.26. The molecule has 0 radical (unpaired) electrons. The molecule has 1 aromatic carbocycles. The number of halogens is 1. The number of hydrogen-bond acceptors (Lipinski definition) is 3. The number of carbonyl (C=O) groups is 1. The van der Waals surface area contributed by atoms with Gasteiger partial charge in [0.25, 0.3) is 5.91 Å². The van der Waals surface area contributed by atoms with Crippen molar-refractivity contribution < 1.29 is 13.9 Å². The zero-order chi connectivity index (χ0) is 13.8. The Morgan fingerprint density at radius 2 is 2.05 bits per heavy atom. The standard InChI is InChI=1S/C14H19FN2O2/c1-10-7-13(11(15)8-12(10)16)19-9-14(18)17-5-3-2-4-6-17/h7-8H,2-6,9,16H2,1H3. The first-order valence-electron chi connectivity index (χ1n) is 6.54. The summed E-state index contributed by atoms with van der Waals surface area (Å²) in [4.78, 5) is 13.7. The number of nitrogens with two attached hydrogens (primary N) is 1. The summed E-state index contributed by atoms with van der Waals surface area (Å²) >= 11 is 0. The van der Waals surface area contributed by atoms with Gasteiger partial charge in [0.05, 0.1) is 0 Å². The minimum atomic E-state index is -0.533. The van der Waals surface area contributed by atoms with Gasteiger partial charge >= 0.3 is 0 Å². The molecule has 0 aromatic heterocycles. The smallest absolute Gasteiger partial charge is 0.260 e. The van der Waals surface area contributed by atoms with Gasteiger partial charge in [-0.1, -0.05) is 0 Å². The minimum Gasteiger partial charge on any atom is -0.481 e. The molecule has 1 aliphatic heterocycles. The van der Waals surface area contributed by atoms with Crippen molar-refractivity contribution in [1.82, 2.24) is 4.90 Å². The van der Waals surface area contributed by atoms with Crippen molar-refractivity contribution in [2.24, 2.45) is 0 Å². The summed E-state index contributed by atoms with van der Waals surface area (Å²) in [6.07, 6.45) is 3.22. The van der Waals surface area contributed by atoms with Crippen molar-refractivity contribution >= 4 is 11.6 Å². The third-order valence-electron chi connectivity index (χ3n) is 3.38. The van der Waals surface area contributed by atoms with Gasteiger partial charge in [-0.25, -0.2) is 4.39 Å². The molecular formula is C14H19FN2O2. The molecule has 0 unspecified atom stereocenters. The highest BCUT2D eigenvalue weighted by molar-refractivity contribution is 5.77. The summed E-state index contributed by atoms with van der Waals surface area (Å²) < 4.78 is 18.9. The van der Waals surface area contributed by atoms with E-state index in [9.17, 15) is 9.18 Å². The maximum atomic E-state index is 13.6. The predicted octanol–water partition coefficient (Wildman–Crippen LogP) is 2.11. The number of amides is 1. The van der Waals surface area contributed by atoms with Crippen molar-refractivity contribution in [2.75, 3.05) is 25.4 Å². The fourth-order valence-electron chi connectivity index (χ4n) is 2.16. The number of carbonyl (C=O) groups excluding carboxylic acids is 1. The van der Waals surface area contributed by atoms with E-state index in [4.69, 9.17) is 10.5 Å². The second-order valence-electron chi connectivity index (χ2n) is 4.87. The first-order valence-corrected chi connectivity index (χ1v) is 6.54. The van der Waals surface area contributed by atoms with E-state index >= 15 is 0 Å². The molecule has 0 aliphatic carbocycles. The van der Waals surface area contributed by atoms with Crippen LogP contribution in [0.1, 0.15) is 24.8 Å². The molecule has 1 aromatic rings. The van der Waals surface area contributed by atoms with Gasteiger partial charge in [0.15, 0.2) is 18.2 Å². The van der Waals surface area contributed by atoms with E-state index in [0.717, 1.165) is 37.9 Å². The van der Waals surface area contributed by atoms with Gasteiger partial charge in [0, 0.05) is 24.8 Å². The van der Waals surface area contributed by atoms with E-state index in [0.29, 0.717) is 5.69 Å². The van der Waals surface area contributed by atoms with E-state index in [1.165, 1.54) is 12.1 Å². The van der Waals surface area contributed by atoms with Gasteiger partial charge < -0.3 is 15.4 Å². The molecule has 0 atom stereocenters. The number of benzene rings is 1. The number of aryl methyl sites for hydroxylation is 1. The van der Waals surface area contributed by atoms with E-state index in [2.05, 4.69) is 0 Å². The molecule has 2 rings (SSSR count). The fourth-order valence-corrected chi connectivity index (χ4v) is 2.16. The highest BCUT2D eigenvalue weighted by atomic mass is 19.1. The molecule has 1 heterocycles. The SMILES string of the molecule is Cc1cc(OCC(=O)N2CCCCC2)c(F)cc1N. The lowest BCUT2D eigenvalue weighted by molar-refractivity contribution is -0.134. The number of piperidine rings is 1. The minimum absolute atomic E-state index is 0.0806. The Balaban J connectivity index is 1.94. The van der Waals surface area contributed by atoms with Gasteiger partial charge in [-0.05, 0) is 37.8 Å². The molecule has 2 N–H and O–H groups in total. The fraction of sp³-hybridized carbons (Fsp3) is 0.500. The normalized spacial score (nSPS) is 15.4. The Hall–Kier alpha value is -1.78. The summed E-state index contributed by atoms with van der Waals surface area (Å²) in [6.45, 7) is 3.19.